The van der Waals surface area contributed by atoms with Gasteiger partial charge >= 0.3 is 0 Å². The van der Waals surface area contributed by atoms with Gasteiger partial charge in [-0.3, -0.25) is 9.69 Å². The third-order valence-corrected chi connectivity index (χ3v) is 9.40. The number of piperidine rings is 1. The van der Waals surface area contributed by atoms with E-state index in [0.717, 1.165) is 31.2 Å². The van der Waals surface area contributed by atoms with E-state index in [1.54, 1.807) is 16.4 Å². The summed E-state index contributed by atoms with van der Waals surface area (Å²) in [5.74, 6) is 0.237. The van der Waals surface area contributed by atoms with E-state index in [1.165, 1.54) is 6.42 Å². The smallest absolute Gasteiger partial charge is 0.243 e. The summed E-state index contributed by atoms with van der Waals surface area (Å²) < 4.78 is 27.8. The molecule has 3 aliphatic heterocycles. The molecule has 7 heteroatoms. The Morgan fingerprint density at radius 3 is 2.00 bits per heavy atom. The minimum atomic E-state index is -3.51. The quantitative estimate of drug-likeness (QED) is 0.711. The van der Waals surface area contributed by atoms with Crippen molar-refractivity contribution in [1.82, 2.24) is 14.1 Å². The molecular weight excluding hydrogens is 410 g/mol. The van der Waals surface area contributed by atoms with E-state index in [4.69, 9.17) is 0 Å². The molecule has 31 heavy (non-hydrogen) atoms. The van der Waals surface area contributed by atoms with Crippen LogP contribution in [0.5, 0.6) is 0 Å². The Labute approximate surface area is 187 Å². The second kappa shape index (κ2) is 8.49. The highest BCUT2D eigenvalue weighted by Crippen LogP contribution is 2.36. The largest absolute Gasteiger partial charge is 0.335 e. The van der Waals surface area contributed by atoms with Gasteiger partial charge in [-0.2, -0.15) is 4.31 Å². The Kier molecular flexibility index (Phi) is 6.23. The maximum atomic E-state index is 13.2. The van der Waals surface area contributed by atoms with E-state index in [-0.39, 0.29) is 17.4 Å². The minimum absolute atomic E-state index is 0.00950. The fourth-order valence-corrected chi connectivity index (χ4v) is 6.88. The van der Waals surface area contributed by atoms with Gasteiger partial charge in [0.05, 0.1) is 10.9 Å². The van der Waals surface area contributed by atoms with Gasteiger partial charge in [0.2, 0.25) is 15.9 Å². The zero-order valence-corrected chi connectivity index (χ0v) is 20.2. The Morgan fingerprint density at radius 2 is 1.48 bits per heavy atom. The molecule has 172 valence electrons. The van der Waals surface area contributed by atoms with E-state index in [0.29, 0.717) is 43.2 Å². The molecule has 1 amide bonds. The van der Waals surface area contributed by atoms with E-state index >= 15 is 0 Å². The monoisotopic (exact) mass is 447 g/mol. The molecular formula is C24H37N3O3S. The topological polar surface area (TPSA) is 60.9 Å². The number of sulfonamides is 1. The number of hydrogen-bond acceptors (Lipinski definition) is 4. The summed E-state index contributed by atoms with van der Waals surface area (Å²) in [5, 5.41) is 0. The van der Waals surface area contributed by atoms with Crippen molar-refractivity contribution in [3.05, 3.63) is 29.8 Å². The van der Waals surface area contributed by atoms with E-state index in [1.807, 2.05) is 19.1 Å². The van der Waals surface area contributed by atoms with Crippen LogP contribution in [-0.2, 0) is 20.2 Å². The van der Waals surface area contributed by atoms with Crippen LogP contribution >= 0.6 is 0 Å². The van der Waals surface area contributed by atoms with Crippen LogP contribution in [0.3, 0.4) is 0 Å². The first kappa shape index (κ1) is 22.7. The first-order valence-corrected chi connectivity index (χ1v) is 13.2. The summed E-state index contributed by atoms with van der Waals surface area (Å²) in [5.41, 5.74) is 1.11. The summed E-state index contributed by atoms with van der Waals surface area (Å²) in [6, 6.07) is 7.93. The fourth-order valence-electron chi connectivity index (χ4n) is 5.46. The highest BCUT2D eigenvalue weighted by molar-refractivity contribution is 7.89. The maximum Gasteiger partial charge on any atom is 0.243 e. The fraction of sp³-hybridized carbons (Fsp3) is 0.708. The average Bonchev–Trinajstić information content (AvgIpc) is 3.00. The zero-order chi connectivity index (χ0) is 22.4. The highest BCUT2D eigenvalue weighted by Gasteiger charge is 2.42. The van der Waals surface area contributed by atoms with Gasteiger partial charge in [0.15, 0.2) is 0 Å². The molecule has 0 aliphatic carbocycles. The molecule has 0 N–H and O–H groups in total. The SMILES string of the molecule is CC(C(=O)N1C2CCCC1CC2)N1CCN(S(=O)(=O)c2ccc(C(C)(C)C)cc2)CC1. The van der Waals surface area contributed by atoms with Gasteiger partial charge < -0.3 is 4.90 Å². The second-order valence-electron chi connectivity index (χ2n) is 10.5. The lowest BCUT2D eigenvalue weighted by molar-refractivity contribution is -0.141. The van der Waals surface area contributed by atoms with Crippen molar-refractivity contribution in [1.29, 1.82) is 0 Å². The minimum Gasteiger partial charge on any atom is -0.335 e. The van der Waals surface area contributed by atoms with Gasteiger partial charge in [-0.15, -0.1) is 0 Å². The second-order valence-corrected chi connectivity index (χ2v) is 12.4. The van der Waals surface area contributed by atoms with Crippen LogP contribution in [0.2, 0.25) is 0 Å². The van der Waals surface area contributed by atoms with Crippen LogP contribution < -0.4 is 0 Å². The summed E-state index contributed by atoms with van der Waals surface area (Å²) in [4.78, 5) is 17.9. The van der Waals surface area contributed by atoms with E-state index in [9.17, 15) is 13.2 Å². The van der Waals surface area contributed by atoms with Crippen LogP contribution in [0, 0.1) is 0 Å². The van der Waals surface area contributed by atoms with Gasteiger partial charge in [0, 0.05) is 38.3 Å². The summed E-state index contributed by atoms with van der Waals surface area (Å²) >= 11 is 0. The number of rotatable bonds is 4. The highest BCUT2D eigenvalue weighted by atomic mass is 32.2. The lowest BCUT2D eigenvalue weighted by Crippen LogP contribution is -2.57. The average molecular weight is 448 g/mol. The molecule has 6 nitrogen and oxygen atoms in total. The summed E-state index contributed by atoms with van der Waals surface area (Å²) in [7, 11) is -3.51. The molecule has 3 atom stereocenters. The molecule has 0 saturated carbocycles. The third kappa shape index (κ3) is 4.41. The number of carbonyl (C=O) groups is 1. The normalized spacial score (nSPS) is 26.8. The molecule has 3 saturated heterocycles. The molecule has 3 heterocycles. The van der Waals surface area contributed by atoms with Crippen molar-refractivity contribution >= 4 is 15.9 Å². The Morgan fingerprint density at radius 1 is 0.935 bits per heavy atom. The Hall–Kier alpha value is -1.44. The molecule has 1 aromatic carbocycles. The van der Waals surface area contributed by atoms with Crippen LogP contribution in [0.25, 0.3) is 0 Å². The lowest BCUT2D eigenvalue weighted by Gasteiger charge is -2.41. The number of hydrogen-bond donors (Lipinski definition) is 0. The van der Waals surface area contributed by atoms with Gasteiger partial charge in [-0.25, -0.2) is 8.42 Å². The molecule has 0 spiro atoms. The van der Waals surface area contributed by atoms with Gasteiger partial charge in [0.25, 0.3) is 0 Å². The van der Waals surface area contributed by atoms with Gasteiger partial charge in [-0.05, 0) is 62.1 Å². The maximum absolute atomic E-state index is 13.2. The lowest BCUT2D eigenvalue weighted by atomic mass is 9.87. The molecule has 3 fully saturated rings. The van der Waals surface area contributed by atoms with Crippen LogP contribution in [0.15, 0.2) is 29.2 Å². The van der Waals surface area contributed by atoms with Crippen LogP contribution in [-0.4, -0.2) is 72.7 Å². The zero-order valence-electron chi connectivity index (χ0n) is 19.4. The number of nitrogens with zero attached hydrogens (tertiary/aromatic N) is 3. The summed E-state index contributed by atoms with van der Waals surface area (Å²) in [6.07, 6.45) is 5.79. The van der Waals surface area contributed by atoms with Gasteiger partial charge in [0.1, 0.15) is 0 Å². The van der Waals surface area contributed by atoms with Crippen molar-refractivity contribution in [3.63, 3.8) is 0 Å². The van der Waals surface area contributed by atoms with Gasteiger partial charge in [-0.1, -0.05) is 32.9 Å². The van der Waals surface area contributed by atoms with Crippen molar-refractivity contribution < 1.29 is 13.2 Å². The first-order valence-electron chi connectivity index (χ1n) is 11.8. The van der Waals surface area contributed by atoms with Crippen molar-refractivity contribution in [2.24, 2.45) is 0 Å². The van der Waals surface area contributed by atoms with Crippen molar-refractivity contribution in [2.45, 2.75) is 88.2 Å². The molecule has 1 aromatic rings. The Bertz CT molecular complexity index is 883. The molecule has 3 unspecified atom stereocenters. The molecule has 4 rings (SSSR count). The molecule has 0 radical (unpaired) electrons. The number of piperazine rings is 1. The van der Waals surface area contributed by atoms with Crippen LogP contribution in [0.1, 0.15) is 65.4 Å². The predicted octanol–water partition coefficient (Wildman–Crippen LogP) is 3.22. The molecule has 2 bridgehead atoms. The third-order valence-electron chi connectivity index (χ3n) is 7.49. The van der Waals surface area contributed by atoms with Crippen molar-refractivity contribution in [3.8, 4) is 0 Å². The number of benzene rings is 1. The molecule has 0 aromatic heterocycles. The standard InChI is InChI=1S/C24H37N3O3S/c1-18(23(28)27-20-6-5-7-21(27)11-10-20)25-14-16-26(17-15-25)31(29,30)22-12-8-19(9-13-22)24(2,3)4/h8-9,12-13,18,20-21H,5-7,10-11,14-17H2,1-4H3. The first-order chi connectivity index (χ1) is 14.6. The number of carbonyl (C=O) groups excluding carboxylic acids is 1. The van der Waals surface area contributed by atoms with Crippen LogP contribution in [0.4, 0.5) is 0 Å². The summed E-state index contributed by atoms with van der Waals surface area (Å²) in [6.45, 7) is 10.4. The van der Waals surface area contributed by atoms with E-state index in [2.05, 4.69) is 30.6 Å². The van der Waals surface area contributed by atoms with Crippen molar-refractivity contribution in [2.75, 3.05) is 26.2 Å². The predicted molar refractivity (Wildman–Crippen MR) is 122 cm³/mol. The number of amides is 1. The molecule has 3 aliphatic rings. The Balaban J connectivity index is 1.38. The van der Waals surface area contributed by atoms with E-state index < -0.39 is 10.0 Å². The number of fused-ring (bicyclic) bond motifs is 2.